The van der Waals surface area contributed by atoms with Gasteiger partial charge < -0.3 is 5.32 Å². The summed E-state index contributed by atoms with van der Waals surface area (Å²) in [6.07, 6.45) is 2.09. The minimum atomic E-state index is 0.371. The van der Waals surface area contributed by atoms with Crippen LogP contribution in [-0.4, -0.2) is 16.3 Å². The summed E-state index contributed by atoms with van der Waals surface area (Å²) in [6.45, 7) is 7.51. The number of anilines is 1. The van der Waals surface area contributed by atoms with Gasteiger partial charge in [-0.05, 0) is 32.3 Å². The maximum atomic E-state index is 4.81. The Balaban J connectivity index is 2.07. The van der Waals surface area contributed by atoms with E-state index in [9.17, 15) is 0 Å². The predicted molar refractivity (Wildman–Crippen MR) is 78.8 cm³/mol. The van der Waals surface area contributed by atoms with Crippen molar-refractivity contribution < 1.29 is 0 Å². The Labute approximate surface area is 114 Å². The molecule has 1 N–H and O–H groups in total. The summed E-state index contributed by atoms with van der Waals surface area (Å²) in [4.78, 5) is 0. The van der Waals surface area contributed by atoms with Gasteiger partial charge in [0, 0.05) is 12.1 Å². The smallest absolute Gasteiger partial charge is 0.128 e. The number of fused-ring (bicyclic) bond motifs is 1. The van der Waals surface area contributed by atoms with E-state index in [-0.39, 0.29) is 0 Å². The number of hydrogen-bond donors (Lipinski definition) is 1. The second kappa shape index (κ2) is 4.72. The normalized spacial score (nSPS) is 17.9. The van der Waals surface area contributed by atoms with Crippen molar-refractivity contribution in [2.75, 3.05) is 11.9 Å². The summed E-state index contributed by atoms with van der Waals surface area (Å²) in [5.74, 6) is 1.20. The van der Waals surface area contributed by atoms with Crippen LogP contribution in [0.3, 0.4) is 0 Å². The second-order valence-corrected chi connectivity index (χ2v) is 5.36. The van der Waals surface area contributed by atoms with Crippen LogP contribution in [0.2, 0.25) is 0 Å². The van der Waals surface area contributed by atoms with Gasteiger partial charge in [-0.2, -0.15) is 5.10 Å². The molecule has 2 aromatic rings. The molecule has 0 amide bonds. The molecule has 0 aliphatic carbocycles. The summed E-state index contributed by atoms with van der Waals surface area (Å²) in [5.41, 5.74) is 5.20. The standard InChI is InChI=1S/C16H21N3/c1-4-14-12(3)16-17-9-8-15(19(16)18-14)13-7-5-6-11(2)10-13/h5-7,10,15,17H,4,8-9H2,1-3H3. The van der Waals surface area contributed by atoms with Crippen LogP contribution in [0.5, 0.6) is 0 Å². The molecule has 0 saturated carbocycles. The van der Waals surface area contributed by atoms with E-state index >= 15 is 0 Å². The molecule has 3 heteroatoms. The average molecular weight is 255 g/mol. The third-order valence-corrected chi connectivity index (χ3v) is 4.01. The molecule has 1 aromatic heterocycles. The summed E-state index contributed by atoms with van der Waals surface area (Å²) in [7, 11) is 0. The number of aromatic nitrogens is 2. The Morgan fingerprint density at radius 2 is 2.21 bits per heavy atom. The maximum Gasteiger partial charge on any atom is 0.128 e. The zero-order chi connectivity index (χ0) is 13.4. The third kappa shape index (κ3) is 2.03. The van der Waals surface area contributed by atoms with Gasteiger partial charge in [0.05, 0.1) is 11.7 Å². The van der Waals surface area contributed by atoms with E-state index in [1.807, 2.05) is 0 Å². The van der Waals surface area contributed by atoms with Crippen molar-refractivity contribution in [3.63, 3.8) is 0 Å². The molecule has 0 spiro atoms. The third-order valence-electron chi connectivity index (χ3n) is 4.01. The lowest BCUT2D eigenvalue weighted by Crippen LogP contribution is -2.24. The fraction of sp³-hybridized carbons (Fsp3) is 0.438. The topological polar surface area (TPSA) is 29.9 Å². The van der Waals surface area contributed by atoms with E-state index in [4.69, 9.17) is 5.10 Å². The van der Waals surface area contributed by atoms with E-state index in [0.29, 0.717) is 6.04 Å². The molecule has 0 saturated heterocycles. The molecule has 19 heavy (non-hydrogen) atoms. The molecule has 1 aliphatic rings. The summed E-state index contributed by atoms with van der Waals surface area (Å²) >= 11 is 0. The first kappa shape index (κ1) is 12.3. The van der Waals surface area contributed by atoms with Crippen LogP contribution in [-0.2, 0) is 6.42 Å². The first-order valence-corrected chi connectivity index (χ1v) is 7.09. The van der Waals surface area contributed by atoms with Crippen LogP contribution >= 0.6 is 0 Å². The first-order chi connectivity index (χ1) is 9.20. The molecule has 1 unspecified atom stereocenters. The van der Waals surface area contributed by atoms with Crippen molar-refractivity contribution in [3.05, 3.63) is 46.6 Å². The molecule has 2 heterocycles. The minimum absolute atomic E-state index is 0.371. The number of benzene rings is 1. The molecule has 1 aromatic carbocycles. The van der Waals surface area contributed by atoms with Crippen molar-refractivity contribution in [1.82, 2.24) is 9.78 Å². The number of aryl methyl sites for hydroxylation is 2. The average Bonchev–Trinajstić information content (AvgIpc) is 2.75. The van der Waals surface area contributed by atoms with Gasteiger partial charge in [0.15, 0.2) is 0 Å². The van der Waals surface area contributed by atoms with E-state index in [1.165, 1.54) is 28.2 Å². The highest BCUT2D eigenvalue weighted by molar-refractivity contribution is 5.49. The van der Waals surface area contributed by atoms with Gasteiger partial charge in [0.25, 0.3) is 0 Å². The SMILES string of the molecule is CCc1nn2c(c1C)NCCC2c1cccc(C)c1. The van der Waals surface area contributed by atoms with Gasteiger partial charge in [0.2, 0.25) is 0 Å². The summed E-state index contributed by atoms with van der Waals surface area (Å²) in [6, 6.07) is 9.16. The fourth-order valence-electron chi connectivity index (χ4n) is 2.97. The Morgan fingerprint density at radius 1 is 1.37 bits per heavy atom. The Hall–Kier alpha value is -1.77. The lowest BCUT2D eigenvalue weighted by Gasteiger charge is -2.26. The minimum Gasteiger partial charge on any atom is -0.370 e. The van der Waals surface area contributed by atoms with Crippen LogP contribution in [0.25, 0.3) is 0 Å². The van der Waals surface area contributed by atoms with E-state index in [2.05, 4.69) is 55.0 Å². The molecule has 1 aliphatic heterocycles. The lowest BCUT2D eigenvalue weighted by molar-refractivity contribution is 0.478. The Bertz CT molecular complexity index is 598. The largest absolute Gasteiger partial charge is 0.370 e. The molecule has 3 nitrogen and oxygen atoms in total. The quantitative estimate of drug-likeness (QED) is 0.890. The van der Waals surface area contributed by atoms with E-state index < -0.39 is 0 Å². The number of nitrogens with one attached hydrogen (secondary N) is 1. The molecule has 0 fully saturated rings. The molecule has 100 valence electrons. The highest BCUT2D eigenvalue weighted by Gasteiger charge is 2.25. The summed E-state index contributed by atoms with van der Waals surface area (Å²) in [5, 5.41) is 8.31. The fourth-order valence-corrected chi connectivity index (χ4v) is 2.97. The van der Waals surface area contributed by atoms with Gasteiger partial charge in [-0.25, -0.2) is 4.68 Å². The van der Waals surface area contributed by atoms with Crippen LogP contribution in [0.1, 0.15) is 41.8 Å². The zero-order valence-electron chi connectivity index (χ0n) is 11.9. The highest BCUT2D eigenvalue weighted by Crippen LogP contribution is 2.33. The highest BCUT2D eigenvalue weighted by atomic mass is 15.4. The number of rotatable bonds is 2. The number of hydrogen-bond acceptors (Lipinski definition) is 2. The van der Waals surface area contributed by atoms with Gasteiger partial charge >= 0.3 is 0 Å². The second-order valence-electron chi connectivity index (χ2n) is 5.36. The molecular weight excluding hydrogens is 234 g/mol. The molecule has 1 atom stereocenters. The van der Waals surface area contributed by atoms with Crippen molar-refractivity contribution >= 4 is 5.82 Å². The van der Waals surface area contributed by atoms with Crippen LogP contribution in [0.15, 0.2) is 24.3 Å². The van der Waals surface area contributed by atoms with Crippen LogP contribution in [0, 0.1) is 13.8 Å². The van der Waals surface area contributed by atoms with Crippen molar-refractivity contribution in [1.29, 1.82) is 0 Å². The lowest BCUT2D eigenvalue weighted by atomic mass is 10.0. The molecule has 3 rings (SSSR count). The van der Waals surface area contributed by atoms with Crippen LogP contribution in [0.4, 0.5) is 5.82 Å². The Kier molecular flexibility index (Phi) is 3.05. The van der Waals surface area contributed by atoms with E-state index in [0.717, 1.165) is 19.4 Å². The van der Waals surface area contributed by atoms with Gasteiger partial charge in [-0.15, -0.1) is 0 Å². The Morgan fingerprint density at radius 3 is 2.95 bits per heavy atom. The first-order valence-electron chi connectivity index (χ1n) is 7.09. The van der Waals surface area contributed by atoms with Crippen molar-refractivity contribution in [3.8, 4) is 0 Å². The van der Waals surface area contributed by atoms with E-state index in [1.54, 1.807) is 0 Å². The van der Waals surface area contributed by atoms with Gasteiger partial charge in [0.1, 0.15) is 5.82 Å². The summed E-state index contributed by atoms with van der Waals surface area (Å²) < 4.78 is 2.19. The monoisotopic (exact) mass is 255 g/mol. The molecule has 0 radical (unpaired) electrons. The molecule has 0 bridgehead atoms. The van der Waals surface area contributed by atoms with Crippen molar-refractivity contribution in [2.45, 2.75) is 39.7 Å². The van der Waals surface area contributed by atoms with Gasteiger partial charge in [-0.1, -0.05) is 36.8 Å². The predicted octanol–water partition coefficient (Wildman–Crippen LogP) is 3.47. The zero-order valence-corrected chi connectivity index (χ0v) is 11.9. The number of nitrogens with zero attached hydrogens (tertiary/aromatic N) is 2. The maximum absolute atomic E-state index is 4.81. The van der Waals surface area contributed by atoms with Crippen LogP contribution < -0.4 is 5.32 Å². The van der Waals surface area contributed by atoms with Crippen molar-refractivity contribution in [2.24, 2.45) is 0 Å². The van der Waals surface area contributed by atoms with Gasteiger partial charge in [-0.3, -0.25) is 0 Å². The molecular formula is C16H21N3.